The molecule has 1 heterocycles. The second-order valence-corrected chi connectivity index (χ2v) is 6.07. The Labute approximate surface area is 120 Å². The van der Waals surface area contributed by atoms with Crippen LogP contribution in [0.5, 0.6) is 0 Å². The fourth-order valence-electron chi connectivity index (χ4n) is 3.35. The molecule has 1 aliphatic heterocycles. The average molecular weight is 271 g/mol. The highest BCUT2D eigenvalue weighted by Gasteiger charge is 2.32. The summed E-state index contributed by atoms with van der Waals surface area (Å²) in [6.45, 7) is 3.73. The van der Waals surface area contributed by atoms with Gasteiger partial charge >= 0.3 is 0 Å². The number of aryl methyl sites for hydroxylation is 1. The summed E-state index contributed by atoms with van der Waals surface area (Å²) in [5.74, 6) is 0.172. The van der Waals surface area contributed by atoms with Gasteiger partial charge in [0.15, 0.2) is 5.78 Å². The Balaban J connectivity index is 1.79. The molecule has 0 N–H and O–H groups in total. The molecule has 1 atom stereocenters. The van der Waals surface area contributed by atoms with Crippen molar-refractivity contribution >= 4 is 11.7 Å². The Morgan fingerprint density at radius 1 is 1.15 bits per heavy atom. The molecular weight excluding hydrogens is 250 g/mol. The lowest BCUT2D eigenvalue weighted by molar-refractivity contribution is -0.136. The third-order valence-electron chi connectivity index (χ3n) is 4.48. The first kappa shape index (κ1) is 13.3. The van der Waals surface area contributed by atoms with Crippen molar-refractivity contribution in [3.8, 4) is 0 Å². The zero-order valence-corrected chi connectivity index (χ0v) is 12.0. The van der Waals surface area contributed by atoms with E-state index in [9.17, 15) is 9.59 Å². The molecule has 1 amide bonds. The molecule has 1 aromatic carbocycles. The maximum atomic E-state index is 12.5. The van der Waals surface area contributed by atoms with Crippen LogP contribution in [-0.4, -0.2) is 29.7 Å². The third-order valence-corrected chi connectivity index (χ3v) is 4.48. The van der Waals surface area contributed by atoms with Gasteiger partial charge in [-0.15, -0.1) is 0 Å². The van der Waals surface area contributed by atoms with E-state index in [1.165, 1.54) is 6.42 Å². The monoisotopic (exact) mass is 271 g/mol. The number of ketones is 1. The average Bonchev–Trinajstić information content (AvgIpc) is 2.48. The van der Waals surface area contributed by atoms with E-state index in [-0.39, 0.29) is 17.6 Å². The van der Waals surface area contributed by atoms with E-state index in [1.54, 1.807) is 0 Å². The van der Waals surface area contributed by atoms with E-state index >= 15 is 0 Å². The van der Waals surface area contributed by atoms with Gasteiger partial charge in [-0.05, 0) is 44.2 Å². The first-order valence-corrected chi connectivity index (χ1v) is 7.56. The fourth-order valence-corrected chi connectivity index (χ4v) is 3.35. The van der Waals surface area contributed by atoms with Gasteiger partial charge in [0.2, 0.25) is 5.91 Å². The Kier molecular flexibility index (Phi) is 3.60. The second kappa shape index (κ2) is 5.39. The minimum absolute atomic E-state index is 0.130. The van der Waals surface area contributed by atoms with Crippen LogP contribution in [-0.2, 0) is 11.2 Å². The number of nitrogens with zero attached hydrogens (tertiary/aromatic N) is 1. The topological polar surface area (TPSA) is 37.4 Å². The number of benzene rings is 1. The molecule has 1 aliphatic carbocycles. The van der Waals surface area contributed by atoms with Crippen LogP contribution in [0.15, 0.2) is 18.2 Å². The summed E-state index contributed by atoms with van der Waals surface area (Å²) < 4.78 is 0. The summed E-state index contributed by atoms with van der Waals surface area (Å²) in [5, 5.41) is 0. The lowest BCUT2D eigenvalue weighted by atomic mass is 9.81. The molecule has 1 saturated heterocycles. The van der Waals surface area contributed by atoms with Gasteiger partial charge in [-0.3, -0.25) is 9.59 Å². The maximum absolute atomic E-state index is 12.5. The molecule has 1 aromatic rings. The Hall–Kier alpha value is -1.64. The number of carbonyl (C=O) groups excluding carboxylic acids is 2. The van der Waals surface area contributed by atoms with Gasteiger partial charge in [0, 0.05) is 31.0 Å². The number of amides is 1. The molecule has 2 aliphatic rings. The van der Waals surface area contributed by atoms with Crippen molar-refractivity contribution < 1.29 is 9.59 Å². The van der Waals surface area contributed by atoms with E-state index in [0.29, 0.717) is 6.42 Å². The van der Waals surface area contributed by atoms with E-state index in [0.717, 1.165) is 49.0 Å². The Bertz CT molecular complexity index is 544. The van der Waals surface area contributed by atoms with Gasteiger partial charge in [-0.25, -0.2) is 0 Å². The minimum Gasteiger partial charge on any atom is -0.342 e. The molecule has 1 unspecified atom stereocenters. The smallest absolute Gasteiger partial charge is 0.226 e. The van der Waals surface area contributed by atoms with E-state index in [4.69, 9.17) is 0 Å². The molecule has 1 fully saturated rings. The van der Waals surface area contributed by atoms with Crippen LogP contribution in [0, 0.1) is 12.8 Å². The highest BCUT2D eigenvalue weighted by Crippen LogP contribution is 2.28. The molecule has 106 valence electrons. The number of hydrogen-bond acceptors (Lipinski definition) is 2. The molecule has 20 heavy (non-hydrogen) atoms. The second-order valence-electron chi connectivity index (χ2n) is 6.07. The lowest BCUT2D eigenvalue weighted by Gasteiger charge is -2.32. The number of fused-ring (bicyclic) bond motifs is 1. The predicted octanol–water partition coefficient (Wildman–Crippen LogP) is 2.75. The first-order valence-electron chi connectivity index (χ1n) is 7.56. The summed E-state index contributed by atoms with van der Waals surface area (Å²) in [6.07, 6.45) is 4.52. The largest absolute Gasteiger partial charge is 0.342 e. The predicted molar refractivity (Wildman–Crippen MR) is 77.8 cm³/mol. The molecule has 0 saturated carbocycles. The number of hydrogen-bond donors (Lipinski definition) is 0. The van der Waals surface area contributed by atoms with Crippen molar-refractivity contribution in [2.24, 2.45) is 5.92 Å². The molecule has 0 bridgehead atoms. The Morgan fingerprint density at radius 2 is 1.90 bits per heavy atom. The normalized spacial score (nSPS) is 22.6. The Morgan fingerprint density at radius 3 is 2.65 bits per heavy atom. The molecular formula is C17H21NO2. The summed E-state index contributed by atoms with van der Waals surface area (Å²) in [5.41, 5.74) is 2.98. The number of carbonyl (C=O) groups is 2. The minimum atomic E-state index is -0.143. The van der Waals surface area contributed by atoms with Crippen LogP contribution in [0.25, 0.3) is 0 Å². The molecule has 3 rings (SSSR count). The van der Waals surface area contributed by atoms with Crippen molar-refractivity contribution in [2.45, 2.75) is 39.0 Å². The zero-order chi connectivity index (χ0) is 14.1. The number of piperidine rings is 1. The van der Waals surface area contributed by atoms with Crippen LogP contribution in [0.3, 0.4) is 0 Å². The quantitative estimate of drug-likeness (QED) is 0.787. The summed E-state index contributed by atoms with van der Waals surface area (Å²) >= 11 is 0. The van der Waals surface area contributed by atoms with Gasteiger partial charge in [0.25, 0.3) is 0 Å². The fraction of sp³-hybridized carbons (Fsp3) is 0.529. The van der Waals surface area contributed by atoms with Crippen LogP contribution in [0.1, 0.15) is 47.2 Å². The van der Waals surface area contributed by atoms with Crippen molar-refractivity contribution in [1.29, 1.82) is 0 Å². The zero-order valence-electron chi connectivity index (χ0n) is 12.0. The SMILES string of the molecule is Cc1ccc2c(c1)C(=O)CC(C(=O)N1CCCCC1)C2. The van der Waals surface area contributed by atoms with E-state index in [1.807, 2.05) is 30.0 Å². The van der Waals surface area contributed by atoms with Crippen LogP contribution in [0.4, 0.5) is 0 Å². The van der Waals surface area contributed by atoms with E-state index < -0.39 is 0 Å². The van der Waals surface area contributed by atoms with Crippen molar-refractivity contribution in [3.05, 3.63) is 34.9 Å². The van der Waals surface area contributed by atoms with Crippen LogP contribution >= 0.6 is 0 Å². The molecule has 3 nitrogen and oxygen atoms in total. The lowest BCUT2D eigenvalue weighted by Crippen LogP contribution is -2.42. The van der Waals surface area contributed by atoms with Crippen molar-refractivity contribution in [2.75, 3.05) is 13.1 Å². The summed E-state index contributed by atoms with van der Waals surface area (Å²) in [4.78, 5) is 26.8. The van der Waals surface area contributed by atoms with Crippen LogP contribution < -0.4 is 0 Å². The highest BCUT2D eigenvalue weighted by molar-refractivity contribution is 6.01. The van der Waals surface area contributed by atoms with E-state index in [2.05, 4.69) is 0 Å². The molecule has 3 heteroatoms. The van der Waals surface area contributed by atoms with Crippen LogP contribution in [0.2, 0.25) is 0 Å². The highest BCUT2D eigenvalue weighted by atomic mass is 16.2. The maximum Gasteiger partial charge on any atom is 0.226 e. The van der Waals surface area contributed by atoms with Gasteiger partial charge < -0.3 is 4.90 Å². The third kappa shape index (κ3) is 2.49. The number of likely N-dealkylation sites (tertiary alicyclic amines) is 1. The van der Waals surface area contributed by atoms with Gasteiger partial charge in [0.1, 0.15) is 0 Å². The first-order chi connectivity index (χ1) is 9.65. The van der Waals surface area contributed by atoms with Crippen molar-refractivity contribution in [3.63, 3.8) is 0 Å². The molecule has 0 radical (unpaired) electrons. The molecule has 0 aromatic heterocycles. The molecule has 0 spiro atoms. The van der Waals surface area contributed by atoms with Gasteiger partial charge in [0.05, 0.1) is 0 Å². The van der Waals surface area contributed by atoms with Gasteiger partial charge in [-0.2, -0.15) is 0 Å². The van der Waals surface area contributed by atoms with Crippen molar-refractivity contribution in [1.82, 2.24) is 4.90 Å². The number of Topliss-reactive ketones (excluding diaryl/α,β-unsaturated/α-hetero) is 1. The summed E-state index contributed by atoms with van der Waals surface area (Å²) in [6, 6.07) is 6.00. The number of rotatable bonds is 1. The standard InChI is InChI=1S/C17H21NO2/c1-12-5-6-13-10-14(11-16(19)15(13)9-12)17(20)18-7-3-2-4-8-18/h5-6,9,14H,2-4,7-8,10-11H2,1H3. The van der Waals surface area contributed by atoms with Gasteiger partial charge in [-0.1, -0.05) is 17.7 Å². The summed E-state index contributed by atoms with van der Waals surface area (Å²) in [7, 11) is 0.